The predicted octanol–water partition coefficient (Wildman–Crippen LogP) is 2.50. The van der Waals surface area contributed by atoms with E-state index in [-0.39, 0.29) is 10.8 Å². The molecule has 0 heterocycles. The Morgan fingerprint density at radius 1 is 1.00 bits per heavy atom. The van der Waals surface area contributed by atoms with E-state index in [1.807, 2.05) is 19.1 Å². The molecule has 5 nitrogen and oxygen atoms in total. The van der Waals surface area contributed by atoms with Crippen LogP contribution in [0.1, 0.15) is 15.9 Å². The van der Waals surface area contributed by atoms with Gasteiger partial charge in [-0.2, -0.15) is 0 Å². The number of hydrogen-bond donors (Lipinski definition) is 1. The zero-order valence-electron chi connectivity index (χ0n) is 12.7. The number of carbonyl (C=O) groups excluding carboxylic acids is 1. The Bertz CT molecular complexity index is 781. The van der Waals surface area contributed by atoms with Crippen LogP contribution in [0.3, 0.4) is 0 Å². The number of para-hydroxylation sites is 1. The third-order valence-electron chi connectivity index (χ3n) is 3.21. The van der Waals surface area contributed by atoms with Crippen molar-refractivity contribution in [3.8, 4) is 0 Å². The molecule has 0 saturated carbocycles. The summed E-state index contributed by atoms with van der Waals surface area (Å²) in [5, 5.41) is 0. The number of hydrogen-bond acceptors (Lipinski definition) is 3. The fraction of sp³-hybridized carbons (Fsp3) is 0.188. The Labute approximate surface area is 130 Å². The molecule has 0 atom stereocenters. The highest BCUT2D eigenvalue weighted by molar-refractivity contribution is 7.92. The minimum atomic E-state index is -3.67. The van der Waals surface area contributed by atoms with Gasteiger partial charge < -0.3 is 4.90 Å². The minimum Gasteiger partial charge on any atom is -0.345 e. The van der Waals surface area contributed by atoms with Crippen LogP contribution in [0, 0.1) is 6.92 Å². The van der Waals surface area contributed by atoms with Gasteiger partial charge in [0.05, 0.1) is 10.6 Å². The van der Waals surface area contributed by atoms with Crippen molar-refractivity contribution >= 4 is 21.6 Å². The van der Waals surface area contributed by atoms with Crippen molar-refractivity contribution in [3.05, 3.63) is 59.7 Å². The number of aryl methyl sites for hydroxylation is 1. The van der Waals surface area contributed by atoms with Crippen LogP contribution in [0.15, 0.2) is 53.4 Å². The summed E-state index contributed by atoms with van der Waals surface area (Å²) in [5.41, 5.74) is 1.82. The van der Waals surface area contributed by atoms with Crippen molar-refractivity contribution in [3.63, 3.8) is 0 Å². The first-order valence-electron chi connectivity index (χ1n) is 6.71. The third kappa shape index (κ3) is 3.46. The molecule has 0 aromatic heterocycles. The van der Waals surface area contributed by atoms with Gasteiger partial charge >= 0.3 is 0 Å². The maximum absolute atomic E-state index is 12.4. The zero-order chi connectivity index (χ0) is 16.3. The van der Waals surface area contributed by atoms with Crippen LogP contribution in [-0.4, -0.2) is 33.3 Å². The standard InChI is InChI=1S/C16H18N2O3S/c1-12-6-4-5-7-15(12)17-22(20,21)14-10-8-13(9-11-14)16(19)18(2)3/h4-11,17H,1-3H3. The number of benzene rings is 2. The van der Waals surface area contributed by atoms with Crippen LogP contribution in [0.2, 0.25) is 0 Å². The van der Waals surface area contributed by atoms with Gasteiger partial charge in [0.15, 0.2) is 0 Å². The van der Waals surface area contributed by atoms with Crippen LogP contribution in [0.25, 0.3) is 0 Å². The first-order chi connectivity index (χ1) is 10.3. The molecule has 22 heavy (non-hydrogen) atoms. The monoisotopic (exact) mass is 318 g/mol. The number of carbonyl (C=O) groups is 1. The third-order valence-corrected chi connectivity index (χ3v) is 4.59. The van der Waals surface area contributed by atoms with Gasteiger partial charge in [-0.05, 0) is 42.8 Å². The summed E-state index contributed by atoms with van der Waals surface area (Å²) >= 11 is 0. The van der Waals surface area contributed by atoms with Crippen molar-refractivity contribution in [2.75, 3.05) is 18.8 Å². The largest absolute Gasteiger partial charge is 0.345 e. The van der Waals surface area contributed by atoms with Gasteiger partial charge in [-0.15, -0.1) is 0 Å². The van der Waals surface area contributed by atoms with Crippen LogP contribution < -0.4 is 4.72 Å². The quantitative estimate of drug-likeness (QED) is 0.942. The van der Waals surface area contributed by atoms with E-state index in [2.05, 4.69) is 4.72 Å². The molecule has 0 aliphatic heterocycles. The van der Waals surface area contributed by atoms with Gasteiger partial charge in [0.1, 0.15) is 0 Å². The Hall–Kier alpha value is -2.34. The van der Waals surface area contributed by atoms with Crippen molar-refractivity contribution in [1.29, 1.82) is 0 Å². The lowest BCUT2D eigenvalue weighted by atomic mass is 10.2. The molecule has 0 aliphatic rings. The lowest BCUT2D eigenvalue weighted by molar-refractivity contribution is 0.0827. The summed E-state index contributed by atoms with van der Waals surface area (Å²) in [4.78, 5) is 13.4. The van der Waals surface area contributed by atoms with Crippen molar-refractivity contribution in [2.24, 2.45) is 0 Å². The molecule has 6 heteroatoms. The fourth-order valence-corrected chi connectivity index (χ4v) is 3.06. The van der Waals surface area contributed by atoms with Crippen LogP contribution in [0.4, 0.5) is 5.69 Å². The lowest BCUT2D eigenvalue weighted by Crippen LogP contribution is -2.21. The molecule has 1 amide bonds. The van der Waals surface area contributed by atoms with E-state index in [9.17, 15) is 13.2 Å². The SMILES string of the molecule is Cc1ccccc1NS(=O)(=O)c1ccc(C(=O)N(C)C)cc1. The molecule has 0 spiro atoms. The van der Waals surface area contributed by atoms with E-state index in [0.717, 1.165) is 5.56 Å². The molecule has 0 aliphatic carbocycles. The van der Waals surface area contributed by atoms with E-state index in [0.29, 0.717) is 11.3 Å². The molecule has 0 saturated heterocycles. The lowest BCUT2D eigenvalue weighted by Gasteiger charge is -2.12. The number of anilines is 1. The van der Waals surface area contributed by atoms with Crippen molar-refractivity contribution in [1.82, 2.24) is 4.90 Å². The number of sulfonamides is 1. The summed E-state index contributed by atoms with van der Waals surface area (Å²) in [6, 6.07) is 13.0. The van der Waals surface area contributed by atoms with Crippen LogP contribution in [-0.2, 0) is 10.0 Å². The first kappa shape index (κ1) is 16.0. The minimum absolute atomic E-state index is 0.117. The van der Waals surface area contributed by atoms with E-state index >= 15 is 0 Å². The van der Waals surface area contributed by atoms with Gasteiger partial charge in [0.25, 0.3) is 15.9 Å². The normalized spacial score (nSPS) is 11.0. The Morgan fingerprint density at radius 2 is 1.59 bits per heavy atom. The highest BCUT2D eigenvalue weighted by Crippen LogP contribution is 2.19. The fourth-order valence-electron chi connectivity index (χ4n) is 1.93. The number of nitrogens with zero attached hydrogens (tertiary/aromatic N) is 1. The molecule has 1 N–H and O–H groups in total. The number of nitrogens with one attached hydrogen (secondary N) is 1. The maximum Gasteiger partial charge on any atom is 0.261 e. The number of amides is 1. The first-order valence-corrected chi connectivity index (χ1v) is 8.20. The Morgan fingerprint density at radius 3 is 2.14 bits per heavy atom. The van der Waals surface area contributed by atoms with Gasteiger partial charge in [-0.25, -0.2) is 8.42 Å². The second-order valence-electron chi connectivity index (χ2n) is 5.14. The van der Waals surface area contributed by atoms with Gasteiger partial charge in [0.2, 0.25) is 0 Å². The summed E-state index contributed by atoms with van der Waals surface area (Å²) in [6.45, 7) is 1.83. The van der Waals surface area contributed by atoms with Crippen LogP contribution in [0.5, 0.6) is 0 Å². The molecule has 0 radical (unpaired) electrons. The van der Waals surface area contributed by atoms with E-state index in [1.165, 1.54) is 29.2 Å². The van der Waals surface area contributed by atoms with E-state index < -0.39 is 10.0 Å². The molecular formula is C16H18N2O3S. The smallest absolute Gasteiger partial charge is 0.261 e. The molecule has 0 unspecified atom stereocenters. The van der Waals surface area contributed by atoms with Crippen LogP contribution >= 0.6 is 0 Å². The van der Waals surface area contributed by atoms with Gasteiger partial charge in [0, 0.05) is 19.7 Å². The Balaban J connectivity index is 2.27. The summed E-state index contributed by atoms with van der Waals surface area (Å²) < 4.78 is 27.3. The second kappa shape index (κ2) is 6.19. The summed E-state index contributed by atoms with van der Waals surface area (Å²) in [7, 11) is -0.382. The van der Waals surface area contributed by atoms with Crippen molar-refractivity contribution in [2.45, 2.75) is 11.8 Å². The molecule has 116 valence electrons. The molecule has 0 fully saturated rings. The topological polar surface area (TPSA) is 66.5 Å². The molecule has 2 rings (SSSR count). The highest BCUT2D eigenvalue weighted by Gasteiger charge is 2.16. The second-order valence-corrected chi connectivity index (χ2v) is 6.83. The predicted molar refractivity (Wildman–Crippen MR) is 86.4 cm³/mol. The summed E-state index contributed by atoms with van der Waals surface area (Å²) in [5.74, 6) is -0.171. The molecule has 2 aromatic carbocycles. The number of rotatable bonds is 4. The Kier molecular flexibility index (Phi) is 4.51. The van der Waals surface area contributed by atoms with Gasteiger partial charge in [-0.1, -0.05) is 18.2 Å². The van der Waals surface area contributed by atoms with E-state index in [4.69, 9.17) is 0 Å². The summed E-state index contributed by atoms with van der Waals surface area (Å²) in [6.07, 6.45) is 0. The molecule has 2 aromatic rings. The van der Waals surface area contributed by atoms with Crippen molar-refractivity contribution < 1.29 is 13.2 Å². The molecular weight excluding hydrogens is 300 g/mol. The average molecular weight is 318 g/mol. The maximum atomic E-state index is 12.4. The van der Waals surface area contributed by atoms with E-state index in [1.54, 1.807) is 26.2 Å². The van der Waals surface area contributed by atoms with Gasteiger partial charge in [-0.3, -0.25) is 9.52 Å². The average Bonchev–Trinajstić information content (AvgIpc) is 2.49. The zero-order valence-corrected chi connectivity index (χ0v) is 13.5. The highest BCUT2D eigenvalue weighted by atomic mass is 32.2. The molecule has 0 bridgehead atoms.